The van der Waals surface area contributed by atoms with Crippen molar-refractivity contribution in [3.63, 3.8) is 0 Å². The number of hydrogen-bond donors (Lipinski definition) is 1. The summed E-state index contributed by atoms with van der Waals surface area (Å²) in [7, 11) is 1.78. The topological polar surface area (TPSA) is 29.3 Å². The van der Waals surface area contributed by atoms with Crippen LogP contribution in [0.5, 0.6) is 0 Å². The van der Waals surface area contributed by atoms with Gasteiger partial charge in [0.2, 0.25) is 0 Å². The van der Waals surface area contributed by atoms with Crippen LogP contribution in [0.3, 0.4) is 0 Å². The number of benzene rings is 1. The van der Waals surface area contributed by atoms with Crippen molar-refractivity contribution in [3.05, 3.63) is 29.8 Å². The second kappa shape index (κ2) is 3.09. The molecule has 1 rings (SSSR count). The summed E-state index contributed by atoms with van der Waals surface area (Å²) in [6.07, 6.45) is 5.18. The van der Waals surface area contributed by atoms with E-state index in [1.54, 1.807) is 12.1 Å². The zero-order chi connectivity index (χ0) is 8.27. The quantitative estimate of drug-likeness (QED) is 0.363. The lowest BCUT2D eigenvalue weighted by atomic mass is 10.2. The first kappa shape index (κ1) is 7.64. The molecule has 0 saturated heterocycles. The van der Waals surface area contributed by atoms with Crippen LogP contribution in [0, 0.1) is 12.3 Å². The van der Waals surface area contributed by atoms with Crippen molar-refractivity contribution in [1.29, 1.82) is 0 Å². The van der Waals surface area contributed by atoms with Crippen molar-refractivity contribution < 1.29 is 0 Å². The van der Waals surface area contributed by atoms with Crippen molar-refractivity contribution in [3.8, 4) is 12.3 Å². The predicted octanol–water partition coefficient (Wildman–Crippen LogP) is 0.978. The normalized spacial score (nSPS) is 8.82. The lowest BCUT2D eigenvalue weighted by Gasteiger charge is -2.10. The molecule has 2 N–H and O–H groups in total. The molecule has 2 nitrogen and oxygen atoms in total. The van der Waals surface area contributed by atoms with Gasteiger partial charge in [-0.2, -0.15) is 0 Å². The van der Waals surface area contributed by atoms with Gasteiger partial charge < -0.3 is 5.01 Å². The first-order chi connectivity index (χ1) is 5.24. The van der Waals surface area contributed by atoms with Crippen LogP contribution in [-0.2, 0) is 0 Å². The third-order valence-electron chi connectivity index (χ3n) is 1.44. The van der Waals surface area contributed by atoms with E-state index in [9.17, 15) is 0 Å². The maximum Gasteiger partial charge on any atom is 0.0514 e. The molecule has 0 aromatic heterocycles. The molecule has 0 heterocycles. The summed E-state index contributed by atoms with van der Waals surface area (Å²) in [6, 6.07) is 7.49. The third-order valence-corrected chi connectivity index (χ3v) is 1.44. The number of hydrogen-bond acceptors (Lipinski definition) is 2. The summed E-state index contributed by atoms with van der Waals surface area (Å²) >= 11 is 0. The minimum atomic E-state index is 0.871. The Hall–Kier alpha value is -1.46. The fourth-order valence-corrected chi connectivity index (χ4v) is 0.793. The van der Waals surface area contributed by atoms with E-state index in [2.05, 4.69) is 5.92 Å². The Kier molecular flexibility index (Phi) is 2.15. The van der Waals surface area contributed by atoms with Crippen LogP contribution in [0.15, 0.2) is 24.3 Å². The molecule has 0 bridgehead atoms. The molecule has 0 aliphatic carbocycles. The maximum absolute atomic E-state index is 5.49. The van der Waals surface area contributed by atoms with Crippen LogP contribution >= 0.6 is 0 Å². The van der Waals surface area contributed by atoms with Crippen LogP contribution in [-0.4, -0.2) is 7.05 Å². The standard InChI is InChI=1S/C9H10N2/c1-3-8-4-6-9(7-5-8)11(2)10/h1,4-7H,10H2,2H3. The summed E-state index contributed by atoms with van der Waals surface area (Å²) in [5, 5.41) is 1.54. The molecular formula is C9H10N2. The predicted molar refractivity (Wildman–Crippen MR) is 47.0 cm³/mol. The highest BCUT2D eigenvalue weighted by Crippen LogP contribution is 2.09. The Bertz CT molecular complexity index is 267. The van der Waals surface area contributed by atoms with E-state index < -0.39 is 0 Å². The summed E-state index contributed by atoms with van der Waals surface area (Å²) in [4.78, 5) is 0. The van der Waals surface area contributed by atoms with Gasteiger partial charge in [-0.05, 0) is 24.3 Å². The molecular weight excluding hydrogens is 136 g/mol. The zero-order valence-electron chi connectivity index (χ0n) is 6.41. The second-order valence-electron chi connectivity index (χ2n) is 2.30. The first-order valence-corrected chi connectivity index (χ1v) is 3.29. The molecule has 0 amide bonds. The summed E-state index contributed by atoms with van der Waals surface area (Å²) < 4.78 is 0. The molecule has 0 saturated carbocycles. The number of rotatable bonds is 1. The second-order valence-corrected chi connectivity index (χ2v) is 2.30. The monoisotopic (exact) mass is 146 g/mol. The van der Waals surface area contributed by atoms with Crippen LogP contribution < -0.4 is 10.9 Å². The Labute approximate surface area is 66.6 Å². The number of terminal acetylenes is 1. The lowest BCUT2D eigenvalue weighted by molar-refractivity contribution is 1.02. The van der Waals surface area contributed by atoms with E-state index in [1.807, 2.05) is 24.3 Å². The molecule has 1 aromatic carbocycles. The van der Waals surface area contributed by atoms with E-state index in [0.717, 1.165) is 11.3 Å². The molecule has 0 spiro atoms. The van der Waals surface area contributed by atoms with Gasteiger partial charge in [-0.1, -0.05) is 5.92 Å². The van der Waals surface area contributed by atoms with Crippen molar-refractivity contribution in [1.82, 2.24) is 0 Å². The summed E-state index contributed by atoms with van der Waals surface area (Å²) in [5.74, 6) is 8.02. The summed E-state index contributed by atoms with van der Waals surface area (Å²) in [5.41, 5.74) is 1.82. The van der Waals surface area contributed by atoms with E-state index >= 15 is 0 Å². The molecule has 0 unspecified atom stereocenters. The largest absolute Gasteiger partial charge is 0.314 e. The van der Waals surface area contributed by atoms with Crippen molar-refractivity contribution in [2.75, 3.05) is 12.1 Å². The van der Waals surface area contributed by atoms with E-state index in [1.165, 1.54) is 0 Å². The average molecular weight is 146 g/mol. The molecule has 0 aliphatic heterocycles. The van der Waals surface area contributed by atoms with Crippen LogP contribution in [0.4, 0.5) is 5.69 Å². The fourth-order valence-electron chi connectivity index (χ4n) is 0.793. The molecule has 56 valence electrons. The van der Waals surface area contributed by atoms with Crippen LogP contribution in [0.1, 0.15) is 5.56 Å². The minimum absolute atomic E-state index is 0.871. The number of nitrogens with two attached hydrogens (primary N) is 1. The van der Waals surface area contributed by atoms with E-state index in [-0.39, 0.29) is 0 Å². The minimum Gasteiger partial charge on any atom is -0.314 e. The Balaban J connectivity index is 2.94. The van der Waals surface area contributed by atoms with Gasteiger partial charge in [0, 0.05) is 12.6 Å². The van der Waals surface area contributed by atoms with Crippen molar-refractivity contribution in [2.24, 2.45) is 5.84 Å². The molecule has 0 aliphatic rings. The highest BCUT2D eigenvalue weighted by Gasteiger charge is 1.92. The zero-order valence-corrected chi connectivity index (χ0v) is 6.41. The van der Waals surface area contributed by atoms with Gasteiger partial charge in [-0.3, -0.25) is 0 Å². The van der Waals surface area contributed by atoms with E-state index in [4.69, 9.17) is 12.3 Å². The molecule has 0 atom stereocenters. The lowest BCUT2D eigenvalue weighted by Crippen LogP contribution is -2.24. The summed E-state index contributed by atoms with van der Waals surface area (Å²) in [6.45, 7) is 0. The van der Waals surface area contributed by atoms with Gasteiger partial charge in [0.25, 0.3) is 0 Å². The molecule has 0 radical (unpaired) electrons. The van der Waals surface area contributed by atoms with Gasteiger partial charge >= 0.3 is 0 Å². The van der Waals surface area contributed by atoms with Gasteiger partial charge in [0.1, 0.15) is 0 Å². The van der Waals surface area contributed by atoms with Gasteiger partial charge in [-0.25, -0.2) is 5.84 Å². The Morgan fingerprint density at radius 3 is 2.27 bits per heavy atom. The highest BCUT2D eigenvalue weighted by atomic mass is 15.4. The van der Waals surface area contributed by atoms with Gasteiger partial charge in [0.15, 0.2) is 0 Å². The van der Waals surface area contributed by atoms with Gasteiger partial charge in [-0.15, -0.1) is 6.42 Å². The fraction of sp³-hybridized carbons (Fsp3) is 0.111. The Morgan fingerprint density at radius 1 is 1.36 bits per heavy atom. The highest BCUT2D eigenvalue weighted by molar-refractivity contribution is 5.48. The van der Waals surface area contributed by atoms with E-state index in [0.29, 0.717) is 0 Å². The number of anilines is 1. The molecule has 0 fully saturated rings. The smallest absolute Gasteiger partial charge is 0.0514 e. The molecule has 1 aromatic rings. The first-order valence-electron chi connectivity index (χ1n) is 3.29. The molecule has 11 heavy (non-hydrogen) atoms. The van der Waals surface area contributed by atoms with Crippen molar-refractivity contribution in [2.45, 2.75) is 0 Å². The average Bonchev–Trinajstić information content (AvgIpc) is 2.05. The van der Waals surface area contributed by atoms with Crippen LogP contribution in [0.2, 0.25) is 0 Å². The number of hydrazine groups is 1. The maximum atomic E-state index is 5.49. The third kappa shape index (κ3) is 1.73. The number of nitrogens with zero attached hydrogens (tertiary/aromatic N) is 1. The Morgan fingerprint density at radius 2 is 1.91 bits per heavy atom. The molecule has 2 heteroatoms. The van der Waals surface area contributed by atoms with Gasteiger partial charge in [0.05, 0.1) is 5.69 Å². The van der Waals surface area contributed by atoms with Crippen molar-refractivity contribution >= 4 is 5.69 Å². The van der Waals surface area contributed by atoms with Crippen LogP contribution in [0.25, 0.3) is 0 Å². The SMILES string of the molecule is C#Cc1ccc(N(C)N)cc1.